The quantitative estimate of drug-likeness (QED) is 0.894. The zero-order valence-corrected chi connectivity index (χ0v) is 13.3. The predicted octanol–water partition coefficient (Wildman–Crippen LogP) is 1.58. The van der Waals surface area contributed by atoms with E-state index in [9.17, 15) is 18.0 Å². The average Bonchev–Trinajstić information content (AvgIpc) is 2.47. The molecule has 1 atom stereocenters. The van der Waals surface area contributed by atoms with Crippen LogP contribution in [0.2, 0.25) is 5.02 Å². The number of carbonyl (C=O) groups excluding carboxylic acids is 1. The molecule has 0 unspecified atom stereocenters. The molecule has 0 aromatic heterocycles. The summed E-state index contributed by atoms with van der Waals surface area (Å²) in [6.45, 7) is 0.270. The molecule has 1 saturated heterocycles. The summed E-state index contributed by atoms with van der Waals surface area (Å²) in [6, 6.07) is 4.58. The number of sulfone groups is 1. The largest absolute Gasteiger partial charge is 0.480 e. The van der Waals surface area contributed by atoms with E-state index in [1.54, 1.807) is 0 Å². The van der Waals surface area contributed by atoms with Crippen LogP contribution in [0.3, 0.4) is 0 Å². The van der Waals surface area contributed by atoms with Crippen LogP contribution in [0.5, 0.6) is 0 Å². The molecule has 2 rings (SSSR count). The van der Waals surface area contributed by atoms with Gasteiger partial charge in [-0.2, -0.15) is 0 Å². The van der Waals surface area contributed by atoms with Gasteiger partial charge < -0.3 is 10.0 Å². The number of nitrogens with zero attached hydrogens (tertiary/aromatic N) is 1. The first-order valence-electron chi connectivity index (χ1n) is 6.82. The molecule has 1 N–H and O–H groups in total. The first kappa shape index (κ1) is 16.8. The summed E-state index contributed by atoms with van der Waals surface area (Å²) in [7, 11) is -3.82. The highest BCUT2D eigenvalue weighted by Gasteiger charge is 2.34. The number of benzene rings is 1. The number of carbonyl (C=O) groups is 2. The maximum atomic E-state index is 12.2. The predicted molar refractivity (Wildman–Crippen MR) is 80.5 cm³/mol. The molecule has 120 valence electrons. The summed E-state index contributed by atoms with van der Waals surface area (Å²) in [6.07, 6.45) is 1.74. The second-order valence-electron chi connectivity index (χ2n) is 5.15. The van der Waals surface area contributed by atoms with Crippen molar-refractivity contribution in [2.75, 3.05) is 12.3 Å². The van der Waals surface area contributed by atoms with Crippen molar-refractivity contribution in [3.63, 3.8) is 0 Å². The number of likely N-dealkylation sites (tertiary alicyclic amines) is 1. The van der Waals surface area contributed by atoms with Gasteiger partial charge in [-0.25, -0.2) is 13.2 Å². The molecular weight excluding hydrogens is 330 g/mol. The fourth-order valence-corrected chi connectivity index (χ4v) is 3.79. The highest BCUT2D eigenvalue weighted by molar-refractivity contribution is 7.92. The lowest BCUT2D eigenvalue weighted by Gasteiger charge is -2.32. The Kier molecular flexibility index (Phi) is 5.08. The lowest BCUT2D eigenvalue weighted by molar-refractivity contribution is -0.151. The van der Waals surface area contributed by atoms with Crippen molar-refractivity contribution in [3.05, 3.63) is 29.3 Å². The van der Waals surface area contributed by atoms with Crippen LogP contribution in [-0.2, 0) is 19.4 Å². The molecule has 6 nitrogen and oxygen atoms in total. The molecule has 0 saturated carbocycles. The van der Waals surface area contributed by atoms with E-state index in [1.165, 1.54) is 24.3 Å². The van der Waals surface area contributed by atoms with Crippen molar-refractivity contribution in [3.8, 4) is 0 Å². The zero-order valence-electron chi connectivity index (χ0n) is 11.7. The lowest BCUT2D eigenvalue weighted by atomic mass is 10.0. The molecule has 1 amide bonds. The standard InChI is InChI=1S/C14H16ClNO5S/c15-10-4-6-11(7-5-10)22(20,21)9-13(17)16-8-2-1-3-12(16)14(18)19/h4-7,12H,1-3,8-9H2,(H,18,19)/t12-/m0/s1. The van der Waals surface area contributed by atoms with Crippen molar-refractivity contribution in [1.29, 1.82) is 0 Å². The first-order valence-corrected chi connectivity index (χ1v) is 8.85. The van der Waals surface area contributed by atoms with Gasteiger partial charge in [0.25, 0.3) is 0 Å². The molecule has 0 spiro atoms. The van der Waals surface area contributed by atoms with E-state index in [-0.39, 0.29) is 11.4 Å². The topological polar surface area (TPSA) is 91.8 Å². The fourth-order valence-electron chi connectivity index (χ4n) is 2.46. The monoisotopic (exact) mass is 345 g/mol. The van der Waals surface area contributed by atoms with E-state index in [0.29, 0.717) is 24.3 Å². The van der Waals surface area contributed by atoms with Gasteiger partial charge in [0.05, 0.1) is 4.90 Å². The van der Waals surface area contributed by atoms with Crippen LogP contribution in [0.1, 0.15) is 19.3 Å². The summed E-state index contributed by atoms with van der Waals surface area (Å²) in [5, 5.41) is 9.54. The summed E-state index contributed by atoms with van der Waals surface area (Å²) in [4.78, 5) is 24.6. The second-order valence-corrected chi connectivity index (χ2v) is 7.58. The third-order valence-electron chi connectivity index (χ3n) is 3.59. The molecule has 1 fully saturated rings. The summed E-state index contributed by atoms with van der Waals surface area (Å²) < 4.78 is 24.5. The fraction of sp³-hybridized carbons (Fsp3) is 0.429. The van der Waals surface area contributed by atoms with E-state index in [4.69, 9.17) is 16.7 Å². The molecule has 0 aliphatic carbocycles. The van der Waals surface area contributed by atoms with E-state index in [1.807, 2.05) is 0 Å². The Labute approximate surface area is 133 Å². The zero-order chi connectivity index (χ0) is 16.3. The minimum atomic E-state index is -3.82. The average molecular weight is 346 g/mol. The first-order chi connectivity index (χ1) is 10.3. The van der Waals surface area contributed by atoms with Gasteiger partial charge in [0.2, 0.25) is 5.91 Å². The normalized spacial score (nSPS) is 19.0. The minimum Gasteiger partial charge on any atom is -0.480 e. The van der Waals surface area contributed by atoms with Crippen LogP contribution in [0.4, 0.5) is 0 Å². The molecule has 1 aliphatic heterocycles. The second kappa shape index (κ2) is 6.66. The number of hydrogen-bond acceptors (Lipinski definition) is 4. The number of amides is 1. The van der Waals surface area contributed by atoms with Gasteiger partial charge in [-0.3, -0.25) is 4.79 Å². The van der Waals surface area contributed by atoms with Crippen molar-refractivity contribution in [2.45, 2.75) is 30.2 Å². The van der Waals surface area contributed by atoms with Gasteiger partial charge in [0, 0.05) is 11.6 Å². The van der Waals surface area contributed by atoms with Crippen LogP contribution in [0.25, 0.3) is 0 Å². The molecule has 1 heterocycles. The summed E-state index contributed by atoms with van der Waals surface area (Å²) >= 11 is 5.71. The molecule has 22 heavy (non-hydrogen) atoms. The van der Waals surface area contributed by atoms with Crippen molar-refractivity contribution < 1.29 is 23.1 Å². The number of carboxylic acid groups (broad SMARTS) is 1. The maximum absolute atomic E-state index is 12.2. The highest BCUT2D eigenvalue weighted by Crippen LogP contribution is 2.20. The molecule has 1 aliphatic rings. The van der Waals surface area contributed by atoms with E-state index >= 15 is 0 Å². The Morgan fingerprint density at radius 2 is 1.86 bits per heavy atom. The lowest BCUT2D eigenvalue weighted by Crippen LogP contribution is -2.49. The number of aliphatic carboxylic acids is 1. The molecule has 1 aromatic carbocycles. The molecular formula is C14H16ClNO5S. The smallest absolute Gasteiger partial charge is 0.326 e. The van der Waals surface area contributed by atoms with Crippen LogP contribution in [0.15, 0.2) is 29.2 Å². The van der Waals surface area contributed by atoms with Crippen molar-refractivity contribution in [1.82, 2.24) is 4.90 Å². The SMILES string of the molecule is O=C(O)[C@@H]1CCCCN1C(=O)CS(=O)(=O)c1ccc(Cl)cc1. The Balaban J connectivity index is 2.16. The third-order valence-corrected chi connectivity index (χ3v) is 5.46. The number of carboxylic acids is 1. The van der Waals surface area contributed by atoms with Crippen LogP contribution >= 0.6 is 11.6 Å². The number of hydrogen-bond donors (Lipinski definition) is 1. The number of piperidine rings is 1. The van der Waals surface area contributed by atoms with Crippen LogP contribution in [-0.4, -0.2) is 48.6 Å². The van der Waals surface area contributed by atoms with Crippen molar-refractivity contribution in [2.24, 2.45) is 0 Å². The van der Waals surface area contributed by atoms with E-state index < -0.39 is 33.5 Å². The van der Waals surface area contributed by atoms with E-state index in [0.717, 1.165) is 4.90 Å². The van der Waals surface area contributed by atoms with E-state index in [2.05, 4.69) is 0 Å². The Bertz CT molecular complexity index is 671. The van der Waals surface area contributed by atoms with Gasteiger partial charge in [-0.05, 0) is 43.5 Å². The van der Waals surface area contributed by atoms with Gasteiger partial charge in [0.15, 0.2) is 9.84 Å². The summed E-state index contributed by atoms with van der Waals surface area (Å²) in [5.74, 6) is -2.52. The van der Waals surface area contributed by atoms with Gasteiger partial charge in [-0.15, -0.1) is 0 Å². The Morgan fingerprint density at radius 3 is 2.45 bits per heavy atom. The van der Waals surface area contributed by atoms with Crippen LogP contribution in [0, 0.1) is 0 Å². The number of rotatable bonds is 4. The minimum absolute atomic E-state index is 0.00543. The molecule has 1 aromatic rings. The van der Waals surface area contributed by atoms with Crippen molar-refractivity contribution >= 4 is 33.3 Å². The van der Waals surface area contributed by atoms with Gasteiger partial charge in [0.1, 0.15) is 11.8 Å². The maximum Gasteiger partial charge on any atom is 0.326 e. The number of halogens is 1. The third kappa shape index (κ3) is 3.78. The molecule has 8 heteroatoms. The van der Waals surface area contributed by atoms with Gasteiger partial charge in [-0.1, -0.05) is 11.6 Å². The van der Waals surface area contributed by atoms with Crippen LogP contribution < -0.4 is 0 Å². The Hall–Kier alpha value is -1.60. The molecule has 0 radical (unpaired) electrons. The highest BCUT2D eigenvalue weighted by atomic mass is 35.5. The summed E-state index contributed by atoms with van der Waals surface area (Å²) in [5.41, 5.74) is 0. The molecule has 0 bridgehead atoms. The Morgan fingerprint density at radius 1 is 1.23 bits per heavy atom. The van der Waals surface area contributed by atoms with Gasteiger partial charge >= 0.3 is 5.97 Å².